The van der Waals surface area contributed by atoms with E-state index in [1.54, 1.807) is 7.11 Å². The van der Waals surface area contributed by atoms with E-state index in [1.807, 2.05) is 18.2 Å². The van der Waals surface area contributed by atoms with Gasteiger partial charge < -0.3 is 15.5 Å². The molecule has 4 nitrogen and oxygen atoms in total. The lowest BCUT2D eigenvalue weighted by Gasteiger charge is -1.96. The van der Waals surface area contributed by atoms with E-state index in [4.69, 9.17) is 10.5 Å². The fourth-order valence-corrected chi connectivity index (χ4v) is 1.27. The SMILES string of the molecule is COc1ccc2cc(CN)[nH]c2n1. The average molecular weight is 177 g/mol. The second kappa shape index (κ2) is 3.06. The summed E-state index contributed by atoms with van der Waals surface area (Å²) >= 11 is 0. The van der Waals surface area contributed by atoms with Crippen molar-refractivity contribution in [2.24, 2.45) is 5.73 Å². The van der Waals surface area contributed by atoms with Gasteiger partial charge in [-0.3, -0.25) is 0 Å². The van der Waals surface area contributed by atoms with Crippen molar-refractivity contribution in [2.45, 2.75) is 6.54 Å². The van der Waals surface area contributed by atoms with E-state index in [9.17, 15) is 0 Å². The summed E-state index contributed by atoms with van der Waals surface area (Å²) in [5.74, 6) is 0.609. The number of nitrogens with zero attached hydrogens (tertiary/aromatic N) is 1. The highest BCUT2D eigenvalue weighted by atomic mass is 16.5. The lowest BCUT2D eigenvalue weighted by atomic mass is 10.3. The summed E-state index contributed by atoms with van der Waals surface area (Å²) in [4.78, 5) is 7.33. The third-order valence-electron chi connectivity index (χ3n) is 1.94. The van der Waals surface area contributed by atoms with Gasteiger partial charge in [-0.05, 0) is 12.1 Å². The Kier molecular flexibility index (Phi) is 1.90. The minimum absolute atomic E-state index is 0.499. The molecule has 0 aliphatic heterocycles. The minimum Gasteiger partial charge on any atom is -0.481 e. The molecule has 0 radical (unpaired) electrons. The zero-order chi connectivity index (χ0) is 9.26. The van der Waals surface area contributed by atoms with Gasteiger partial charge in [-0.1, -0.05) is 0 Å². The average Bonchev–Trinajstić information content (AvgIpc) is 2.58. The Morgan fingerprint density at radius 2 is 2.38 bits per heavy atom. The van der Waals surface area contributed by atoms with Crippen molar-refractivity contribution in [3.63, 3.8) is 0 Å². The molecule has 0 amide bonds. The highest BCUT2D eigenvalue weighted by Crippen LogP contribution is 2.16. The molecule has 0 bridgehead atoms. The fourth-order valence-electron chi connectivity index (χ4n) is 1.27. The van der Waals surface area contributed by atoms with E-state index in [2.05, 4.69) is 9.97 Å². The fraction of sp³-hybridized carbons (Fsp3) is 0.222. The molecule has 0 saturated heterocycles. The lowest BCUT2D eigenvalue weighted by Crippen LogP contribution is -1.95. The third kappa shape index (κ3) is 1.36. The maximum Gasteiger partial charge on any atom is 0.214 e. The molecule has 4 heteroatoms. The Morgan fingerprint density at radius 3 is 3.08 bits per heavy atom. The summed E-state index contributed by atoms with van der Waals surface area (Å²) in [6, 6.07) is 5.77. The molecule has 0 aromatic carbocycles. The van der Waals surface area contributed by atoms with Gasteiger partial charge in [0.25, 0.3) is 0 Å². The standard InChI is InChI=1S/C9H11N3O/c1-13-8-3-2-6-4-7(5-10)11-9(6)12-8/h2-4H,5,10H2,1H3,(H,11,12). The predicted octanol–water partition coefficient (Wildman–Crippen LogP) is 1.03. The maximum absolute atomic E-state index is 5.49. The van der Waals surface area contributed by atoms with Crippen molar-refractivity contribution in [3.05, 3.63) is 23.9 Å². The van der Waals surface area contributed by atoms with Gasteiger partial charge in [0, 0.05) is 23.7 Å². The van der Waals surface area contributed by atoms with Crippen LogP contribution in [0.1, 0.15) is 5.69 Å². The summed E-state index contributed by atoms with van der Waals surface area (Å²) in [7, 11) is 1.60. The van der Waals surface area contributed by atoms with Crippen molar-refractivity contribution >= 4 is 11.0 Å². The van der Waals surface area contributed by atoms with Crippen LogP contribution < -0.4 is 10.5 Å². The van der Waals surface area contributed by atoms with Crippen molar-refractivity contribution < 1.29 is 4.74 Å². The molecule has 0 unspecified atom stereocenters. The number of nitrogens with two attached hydrogens (primary N) is 1. The number of nitrogens with one attached hydrogen (secondary N) is 1. The number of H-pyrrole nitrogens is 1. The number of hydrogen-bond acceptors (Lipinski definition) is 3. The number of methoxy groups -OCH3 is 1. The maximum atomic E-state index is 5.49. The van der Waals surface area contributed by atoms with E-state index in [0.29, 0.717) is 12.4 Å². The van der Waals surface area contributed by atoms with Gasteiger partial charge in [-0.25, -0.2) is 0 Å². The zero-order valence-electron chi connectivity index (χ0n) is 7.37. The minimum atomic E-state index is 0.499. The van der Waals surface area contributed by atoms with Crippen LogP contribution in [0.25, 0.3) is 11.0 Å². The van der Waals surface area contributed by atoms with Crippen LogP contribution in [0.3, 0.4) is 0 Å². The second-order valence-corrected chi connectivity index (χ2v) is 2.79. The number of rotatable bonds is 2. The van der Waals surface area contributed by atoms with Crippen LogP contribution >= 0.6 is 0 Å². The van der Waals surface area contributed by atoms with Gasteiger partial charge in [0.2, 0.25) is 5.88 Å². The number of aromatic amines is 1. The molecule has 0 aliphatic carbocycles. The zero-order valence-corrected chi connectivity index (χ0v) is 7.37. The van der Waals surface area contributed by atoms with Gasteiger partial charge in [0.05, 0.1) is 7.11 Å². The molecule has 3 N–H and O–H groups in total. The molecule has 2 heterocycles. The monoisotopic (exact) mass is 177 g/mol. The first kappa shape index (κ1) is 8.07. The highest BCUT2D eigenvalue weighted by Gasteiger charge is 2.01. The molecular weight excluding hydrogens is 166 g/mol. The van der Waals surface area contributed by atoms with Crippen LogP contribution in [0, 0.1) is 0 Å². The van der Waals surface area contributed by atoms with Gasteiger partial charge in [0.15, 0.2) is 0 Å². The van der Waals surface area contributed by atoms with E-state index in [0.717, 1.165) is 16.7 Å². The van der Waals surface area contributed by atoms with Crippen LogP contribution in [0.2, 0.25) is 0 Å². The van der Waals surface area contributed by atoms with Crippen molar-refractivity contribution in [1.29, 1.82) is 0 Å². The molecule has 0 atom stereocenters. The number of hydrogen-bond donors (Lipinski definition) is 2. The molecule has 0 fully saturated rings. The van der Waals surface area contributed by atoms with Gasteiger partial charge in [-0.2, -0.15) is 4.98 Å². The molecule has 2 rings (SSSR count). The van der Waals surface area contributed by atoms with E-state index in [1.165, 1.54) is 0 Å². The van der Waals surface area contributed by atoms with Crippen LogP contribution in [0.15, 0.2) is 18.2 Å². The van der Waals surface area contributed by atoms with Crippen LogP contribution in [-0.4, -0.2) is 17.1 Å². The quantitative estimate of drug-likeness (QED) is 0.720. The van der Waals surface area contributed by atoms with E-state index in [-0.39, 0.29) is 0 Å². The van der Waals surface area contributed by atoms with Gasteiger partial charge >= 0.3 is 0 Å². The molecule has 2 aromatic rings. The molecule has 13 heavy (non-hydrogen) atoms. The van der Waals surface area contributed by atoms with E-state index < -0.39 is 0 Å². The molecule has 68 valence electrons. The predicted molar refractivity (Wildman–Crippen MR) is 50.5 cm³/mol. The summed E-state index contributed by atoms with van der Waals surface area (Å²) in [5.41, 5.74) is 7.30. The van der Waals surface area contributed by atoms with Crippen LogP contribution in [-0.2, 0) is 6.54 Å². The van der Waals surface area contributed by atoms with Crippen molar-refractivity contribution in [2.75, 3.05) is 7.11 Å². The highest BCUT2D eigenvalue weighted by molar-refractivity contribution is 5.77. The Bertz CT molecular complexity index is 420. The Hall–Kier alpha value is -1.55. The molecule has 2 aromatic heterocycles. The van der Waals surface area contributed by atoms with Crippen LogP contribution in [0.5, 0.6) is 5.88 Å². The number of fused-ring (bicyclic) bond motifs is 1. The Labute approximate surface area is 75.7 Å². The largest absolute Gasteiger partial charge is 0.481 e. The molecular formula is C9H11N3O. The normalized spacial score (nSPS) is 10.6. The van der Waals surface area contributed by atoms with Crippen molar-refractivity contribution in [1.82, 2.24) is 9.97 Å². The lowest BCUT2D eigenvalue weighted by molar-refractivity contribution is 0.399. The number of aromatic nitrogens is 2. The summed E-state index contributed by atoms with van der Waals surface area (Å²) in [6.45, 7) is 0.499. The number of pyridine rings is 1. The van der Waals surface area contributed by atoms with Crippen LogP contribution in [0.4, 0.5) is 0 Å². The first-order valence-corrected chi connectivity index (χ1v) is 4.06. The molecule has 0 spiro atoms. The third-order valence-corrected chi connectivity index (χ3v) is 1.94. The van der Waals surface area contributed by atoms with E-state index >= 15 is 0 Å². The molecule has 0 aliphatic rings. The number of ether oxygens (including phenoxy) is 1. The molecule has 0 saturated carbocycles. The van der Waals surface area contributed by atoms with Gasteiger partial charge in [-0.15, -0.1) is 0 Å². The van der Waals surface area contributed by atoms with Crippen molar-refractivity contribution in [3.8, 4) is 5.88 Å². The smallest absolute Gasteiger partial charge is 0.214 e. The topological polar surface area (TPSA) is 63.9 Å². The summed E-state index contributed by atoms with van der Waals surface area (Å²) in [6.07, 6.45) is 0. The second-order valence-electron chi connectivity index (χ2n) is 2.79. The first-order valence-electron chi connectivity index (χ1n) is 4.06. The first-order chi connectivity index (χ1) is 6.33. The van der Waals surface area contributed by atoms with Gasteiger partial charge in [0.1, 0.15) is 5.65 Å². The Balaban J connectivity index is 2.57. The summed E-state index contributed by atoms with van der Waals surface area (Å²) in [5, 5.41) is 1.06. The summed E-state index contributed by atoms with van der Waals surface area (Å²) < 4.78 is 5.00. The Morgan fingerprint density at radius 1 is 1.54 bits per heavy atom.